The van der Waals surface area contributed by atoms with E-state index in [1.807, 2.05) is 0 Å². The summed E-state index contributed by atoms with van der Waals surface area (Å²) < 4.78 is 45.7. The molecule has 5 nitrogen and oxygen atoms in total. The lowest BCUT2D eigenvalue weighted by molar-refractivity contribution is 0.251. The summed E-state index contributed by atoms with van der Waals surface area (Å²) >= 11 is 0. The van der Waals surface area contributed by atoms with Gasteiger partial charge in [-0.05, 0) is 36.4 Å². The molecule has 2 aromatic carbocycles. The second kappa shape index (κ2) is 10.9. The monoisotopic (exact) mass is 456 g/mol. The van der Waals surface area contributed by atoms with Gasteiger partial charge in [-0.2, -0.15) is 4.39 Å². The zero-order valence-corrected chi connectivity index (χ0v) is 19.2. The van der Waals surface area contributed by atoms with Gasteiger partial charge < -0.3 is 14.2 Å². The Morgan fingerprint density at radius 2 is 1.76 bits per heavy atom. The minimum Gasteiger partial charge on any atom is -0.490 e. The molecule has 1 aliphatic heterocycles. The van der Waals surface area contributed by atoms with Crippen LogP contribution < -0.4 is 9.47 Å². The van der Waals surface area contributed by atoms with Crippen LogP contribution in [-0.4, -0.2) is 35.4 Å². The molecule has 0 radical (unpaired) electrons. The third kappa shape index (κ3) is 5.77. The van der Waals surface area contributed by atoms with Crippen LogP contribution in [-0.2, 0) is 4.74 Å². The standard InChI is InChI=1S/C26H30F2N2O3/c1-3-5-6-7-11-31-19-14-29-26(30-15-19)17-9-10-20-18(12-17)13-21(27)24(28)25(20)32-16-23-22(33-23)8-4-2/h9-10,12-15,22-23H,3-8,11,16H2,1-2H3. The number of nitrogens with zero attached hydrogens (tertiary/aromatic N) is 2. The lowest BCUT2D eigenvalue weighted by Gasteiger charge is -2.12. The molecular weight excluding hydrogens is 426 g/mol. The molecule has 0 aliphatic carbocycles. The molecule has 0 amide bonds. The number of epoxide rings is 1. The SMILES string of the molecule is CCCCCCOc1cnc(-c2ccc3c(OCC4OC4CCC)c(F)c(F)cc3c2)nc1. The number of fused-ring (bicyclic) bond motifs is 1. The molecule has 1 aromatic heterocycles. The molecule has 176 valence electrons. The van der Waals surface area contributed by atoms with Crippen molar-refractivity contribution in [3.05, 3.63) is 48.3 Å². The van der Waals surface area contributed by atoms with Crippen molar-refractivity contribution in [2.75, 3.05) is 13.2 Å². The van der Waals surface area contributed by atoms with Gasteiger partial charge in [0.15, 0.2) is 23.1 Å². The van der Waals surface area contributed by atoms with Crippen LogP contribution >= 0.6 is 0 Å². The van der Waals surface area contributed by atoms with Crippen LogP contribution in [0.15, 0.2) is 36.7 Å². The van der Waals surface area contributed by atoms with Crippen LogP contribution in [0.3, 0.4) is 0 Å². The fourth-order valence-electron chi connectivity index (χ4n) is 3.88. The van der Waals surface area contributed by atoms with E-state index in [9.17, 15) is 8.78 Å². The van der Waals surface area contributed by atoms with Gasteiger partial charge in [-0.25, -0.2) is 14.4 Å². The van der Waals surface area contributed by atoms with Crippen molar-refractivity contribution in [2.24, 2.45) is 0 Å². The number of halogens is 2. The van der Waals surface area contributed by atoms with E-state index in [-0.39, 0.29) is 24.6 Å². The predicted molar refractivity (Wildman–Crippen MR) is 124 cm³/mol. The lowest BCUT2D eigenvalue weighted by atomic mass is 10.0. The summed E-state index contributed by atoms with van der Waals surface area (Å²) in [6.07, 6.45) is 9.81. The van der Waals surface area contributed by atoms with Crippen LogP contribution in [0.5, 0.6) is 11.5 Å². The number of ether oxygens (including phenoxy) is 3. The second-order valence-electron chi connectivity index (χ2n) is 8.40. The maximum atomic E-state index is 14.5. The first-order valence-corrected chi connectivity index (χ1v) is 11.8. The summed E-state index contributed by atoms with van der Waals surface area (Å²) in [6.45, 7) is 5.09. The molecule has 0 saturated carbocycles. The van der Waals surface area contributed by atoms with E-state index < -0.39 is 11.6 Å². The normalized spacial score (nSPS) is 17.3. The number of aromatic nitrogens is 2. The lowest BCUT2D eigenvalue weighted by Crippen LogP contribution is -2.09. The maximum absolute atomic E-state index is 14.5. The molecule has 2 unspecified atom stereocenters. The smallest absolute Gasteiger partial charge is 0.201 e. The van der Waals surface area contributed by atoms with Gasteiger partial charge in [-0.1, -0.05) is 45.6 Å². The Kier molecular flexibility index (Phi) is 7.70. The van der Waals surface area contributed by atoms with Gasteiger partial charge >= 0.3 is 0 Å². The highest BCUT2D eigenvalue weighted by Crippen LogP contribution is 2.35. The van der Waals surface area contributed by atoms with Gasteiger partial charge in [0.2, 0.25) is 5.82 Å². The molecule has 0 spiro atoms. The van der Waals surface area contributed by atoms with Gasteiger partial charge in [0.05, 0.1) is 25.1 Å². The molecule has 33 heavy (non-hydrogen) atoms. The van der Waals surface area contributed by atoms with Crippen molar-refractivity contribution in [3.8, 4) is 22.9 Å². The average molecular weight is 457 g/mol. The highest BCUT2D eigenvalue weighted by molar-refractivity contribution is 5.91. The molecule has 0 bridgehead atoms. The molecule has 1 aliphatic rings. The zero-order chi connectivity index (χ0) is 23.2. The van der Waals surface area contributed by atoms with Crippen molar-refractivity contribution in [1.29, 1.82) is 0 Å². The van der Waals surface area contributed by atoms with Gasteiger partial charge in [0, 0.05) is 10.9 Å². The Morgan fingerprint density at radius 1 is 0.939 bits per heavy atom. The fraction of sp³-hybridized carbons (Fsp3) is 0.462. The number of hydrogen-bond acceptors (Lipinski definition) is 5. The Balaban J connectivity index is 1.47. The summed E-state index contributed by atoms with van der Waals surface area (Å²) in [4.78, 5) is 8.75. The fourth-order valence-corrected chi connectivity index (χ4v) is 3.88. The number of hydrogen-bond donors (Lipinski definition) is 0. The van der Waals surface area contributed by atoms with Crippen LogP contribution in [0.1, 0.15) is 52.4 Å². The molecule has 2 heterocycles. The second-order valence-corrected chi connectivity index (χ2v) is 8.40. The first kappa shape index (κ1) is 23.4. The van der Waals surface area contributed by atoms with Gasteiger partial charge in [0.25, 0.3) is 0 Å². The van der Waals surface area contributed by atoms with Crippen molar-refractivity contribution in [3.63, 3.8) is 0 Å². The third-order valence-electron chi connectivity index (χ3n) is 5.79. The van der Waals surface area contributed by atoms with Crippen LogP contribution in [0.4, 0.5) is 8.78 Å². The predicted octanol–water partition coefficient (Wildman–Crippen LogP) is 6.48. The first-order chi connectivity index (χ1) is 16.1. The Bertz CT molecular complexity index is 1080. The minimum absolute atomic E-state index is 0.0669. The largest absolute Gasteiger partial charge is 0.490 e. The third-order valence-corrected chi connectivity index (χ3v) is 5.79. The van der Waals surface area contributed by atoms with Gasteiger partial charge in [0.1, 0.15) is 12.7 Å². The quantitative estimate of drug-likeness (QED) is 0.231. The number of unbranched alkanes of at least 4 members (excludes halogenated alkanes) is 3. The topological polar surface area (TPSA) is 56.8 Å². The highest BCUT2D eigenvalue weighted by Gasteiger charge is 2.38. The van der Waals surface area contributed by atoms with E-state index in [1.165, 1.54) is 18.9 Å². The number of benzene rings is 2. The number of rotatable bonds is 12. The van der Waals surface area contributed by atoms with E-state index in [4.69, 9.17) is 14.2 Å². The van der Waals surface area contributed by atoms with Crippen LogP contribution in [0.25, 0.3) is 22.2 Å². The van der Waals surface area contributed by atoms with Crippen molar-refractivity contribution < 1.29 is 23.0 Å². The Morgan fingerprint density at radius 3 is 2.52 bits per heavy atom. The molecule has 2 atom stereocenters. The van der Waals surface area contributed by atoms with E-state index in [0.29, 0.717) is 34.5 Å². The summed E-state index contributed by atoms with van der Waals surface area (Å²) in [5.74, 6) is -0.932. The molecule has 0 N–H and O–H groups in total. The molecular formula is C26H30F2N2O3. The summed E-state index contributed by atoms with van der Waals surface area (Å²) in [7, 11) is 0. The molecule has 1 fully saturated rings. The van der Waals surface area contributed by atoms with Crippen LogP contribution in [0.2, 0.25) is 0 Å². The van der Waals surface area contributed by atoms with Crippen molar-refractivity contribution >= 4 is 10.8 Å². The zero-order valence-electron chi connectivity index (χ0n) is 19.2. The Labute approximate surface area is 193 Å². The molecule has 3 aromatic rings. The molecule has 4 rings (SSSR count). The van der Waals surface area contributed by atoms with E-state index >= 15 is 0 Å². The summed E-state index contributed by atoms with van der Waals surface area (Å²) in [5, 5.41) is 1.01. The Hall–Kier alpha value is -2.80. The highest BCUT2D eigenvalue weighted by atomic mass is 19.2. The molecule has 1 saturated heterocycles. The van der Waals surface area contributed by atoms with Gasteiger partial charge in [-0.3, -0.25) is 0 Å². The van der Waals surface area contributed by atoms with Gasteiger partial charge in [-0.15, -0.1) is 0 Å². The molecule has 7 heteroatoms. The summed E-state index contributed by atoms with van der Waals surface area (Å²) in [5.41, 5.74) is 0.697. The first-order valence-electron chi connectivity index (χ1n) is 11.8. The van der Waals surface area contributed by atoms with E-state index in [1.54, 1.807) is 30.6 Å². The average Bonchev–Trinajstić information content (AvgIpc) is 3.57. The van der Waals surface area contributed by atoms with E-state index in [0.717, 1.165) is 25.7 Å². The van der Waals surface area contributed by atoms with Crippen molar-refractivity contribution in [1.82, 2.24) is 9.97 Å². The van der Waals surface area contributed by atoms with E-state index in [2.05, 4.69) is 23.8 Å². The van der Waals surface area contributed by atoms with Crippen molar-refractivity contribution in [2.45, 2.75) is 64.6 Å². The minimum atomic E-state index is -0.986. The maximum Gasteiger partial charge on any atom is 0.201 e. The van der Waals surface area contributed by atoms with Crippen LogP contribution in [0, 0.1) is 11.6 Å². The summed E-state index contributed by atoms with van der Waals surface area (Å²) in [6, 6.07) is 6.39.